The first-order chi connectivity index (χ1) is 27.5. The van der Waals surface area contributed by atoms with Crippen molar-refractivity contribution < 1.29 is 0 Å². The molecule has 0 aromatic heterocycles. The molecule has 56 heavy (non-hydrogen) atoms. The van der Waals surface area contributed by atoms with Crippen LogP contribution in [0, 0.1) is 0 Å². The SMILES string of the molecule is CC1(C)c2cc(/C=C/c3ccccc3)ccc2-c2ccc(N(c3ccc(/C=C/c4ccccc4)cc3)c3ccc(-c4ccccc4-c4ccccc4)cc3)cc21. The normalized spacial score (nSPS) is 12.8. The monoisotopic (exact) mass is 717 g/mol. The zero-order valence-electron chi connectivity index (χ0n) is 31.8. The molecule has 8 aromatic carbocycles. The molecule has 0 heterocycles. The molecular weight excluding hydrogens is 675 g/mol. The summed E-state index contributed by atoms with van der Waals surface area (Å²) in [5.41, 5.74) is 18.2. The number of hydrogen-bond donors (Lipinski definition) is 0. The van der Waals surface area contributed by atoms with Crippen molar-refractivity contribution >= 4 is 41.4 Å². The maximum atomic E-state index is 2.41. The van der Waals surface area contributed by atoms with Crippen LogP contribution in [0.3, 0.4) is 0 Å². The molecule has 1 nitrogen and oxygen atoms in total. The number of rotatable bonds is 9. The summed E-state index contributed by atoms with van der Waals surface area (Å²) in [6, 6.07) is 72.2. The largest absolute Gasteiger partial charge is 0.310 e. The summed E-state index contributed by atoms with van der Waals surface area (Å²) in [5.74, 6) is 0. The van der Waals surface area contributed by atoms with E-state index in [1.807, 2.05) is 0 Å². The van der Waals surface area contributed by atoms with E-state index in [-0.39, 0.29) is 5.41 Å². The Kier molecular flexibility index (Phi) is 9.35. The van der Waals surface area contributed by atoms with E-state index in [2.05, 4.69) is 243 Å². The van der Waals surface area contributed by atoms with Gasteiger partial charge >= 0.3 is 0 Å². The van der Waals surface area contributed by atoms with Crippen molar-refractivity contribution in [3.63, 3.8) is 0 Å². The lowest BCUT2D eigenvalue weighted by Gasteiger charge is -2.28. The Morgan fingerprint density at radius 3 is 1.29 bits per heavy atom. The van der Waals surface area contributed by atoms with Crippen LogP contribution in [0.15, 0.2) is 200 Å². The molecule has 0 N–H and O–H groups in total. The quantitative estimate of drug-likeness (QED) is 0.134. The Hall–Kier alpha value is -6.96. The molecule has 0 aliphatic heterocycles. The molecule has 0 saturated carbocycles. The summed E-state index contributed by atoms with van der Waals surface area (Å²) in [6.07, 6.45) is 8.77. The average Bonchev–Trinajstić information content (AvgIpc) is 3.48. The summed E-state index contributed by atoms with van der Waals surface area (Å²) in [5, 5.41) is 0. The van der Waals surface area contributed by atoms with Crippen molar-refractivity contribution in [2.45, 2.75) is 19.3 Å². The van der Waals surface area contributed by atoms with Crippen LogP contribution in [-0.4, -0.2) is 0 Å². The van der Waals surface area contributed by atoms with Crippen molar-refractivity contribution in [2.24, 2.45) is 0 Å². The van der Waals surface area contributed by atoms with Crippen LogP contribution in [0.4, 0.5) is 17.1 Å². The van der Waals surface area contributed by atoms with Crippen LogP contribution in [0.1, 0.15) is 47.2 Å². The van der Waals surface area contributed by atoms with E-state index < -0.39 is 0 Å². The third-order valence-electron chi connectivity index (χ3n) is 11.1. The molecule has 0 saturated heterocycles. The molecular formula is C55H43N. The number of nitrogens with zero attached hydrogens (tertiary/aromatic N) is 1. The average molecular weight is 718 g/mol. The summed E-state index contributed by atoms with van der Waals surface area (Å²) in [6.45, 7) is 4.73. The highest BCUT2D eigenvalue weighted by atomic mass is 15.1. The van der Waals surface area contributed by atoms with Crippen molar-refractivity contribution in [2.75, 3.05) is 4.90 Å². The molecule has 0 atom stereocenters. The van der Waals surface area contributed by atoms with Gasteiger partial charge < -0.3 is 4.90 Å². The lowest BCUT2D eigenvalue weighted by atomic mass is 9.81. The Bertz CT molecular complexity index is 2670. The van der Waals surface area contributed by atoms with Gasteiger partial charge in [0.15, 0.2) is 0 Å². The van der Waals surface area contributed by atoms with Gasteiger partial charge in [-0.1, -0.05) is 202 Å². The van der Waals surface area contributed by atoms with E-state index in [0.717, 1.165) is 22.6 Å². The summed E-state index contributed by atoms with van der Waals surface area (Å²) >= 11 is 0. The highest BCUT2D eigenvalue weighted by Crippen LogP contribution is 2.51. The van der Waals surface area contributed by atoms with E-state index in [4.69, 9.17) is 0 Å². The molecule has 1 aliphatic rings. The second-order valence-electron chi connectivity index (χ2n) is 15.0. The zero-order valence-corrected chi connectivity index (χ0v) is 31.8. The van der Waals surface area contributed by atoms with Gasteiger partial charge in [-0.25, -0.2) is 0 Å². The minimum absolute atomic E-state index is 0.167. The predicted molar refractivity (Wildman–Crippen MR) is 240 cm³/mol. The van der Waals surface area contributed by atoms with Gasteiger partial charge in [0.1, 0.15) is 0 Å². The maximum absolute atomic E-state index is 2.41. The molecule has 0 radical (unpaired) electrons. The highest BCUT2D eigenvalue weighted by Gasteiger charge is 2.36. The van der Waals surface area contributed by atoms with E-state index in [1.54, 1.807) is 0 Å². The first-order valence-corrected chi connectivity index (χ1v) is 19.4. The fourth-order valence-electron chi connectivity index (χ4n) is 8.08. The molecule has 1 heteroatoms. The minimum Gasteiger partial charge on any atom is -0.310 e. The molecule has 0 fully saturated rings. The van der Waals surface area contributed by atoms with Crippen LogP contribution >= 0.6 is 0 Å². The molecule has 1 aliphatic carbocycles. The molecule has 0 spiro atoms. The van der Waals surface area contributed by atoms with Gasteiger partial charge in [-0.3, -0.25) is 0 Å². The van der Waals surface area contributed by atoms with Crippen LogP contribution < -0.4 is 4.90 Å². The van der Waals surface area contributed by atoms with Gasteiger partial charge in [-0.15, -0.1) is 0 Å². The smallest absolute Gasteiger partial charge is 0.0465 e. The lowest BCUT2D eigenvalue weighted by Crippen LogP contribution is -2.16. The standard InChI is InChI=1S/C55H43N/c1-55(2)53-38-43(25-24-41-16-8-4-9-17-41)28-36-51(53)52-37-35-48(39-54(52)55)56(46-31-26-42(27-32-46)23-22-40-14-6-3-7-15-40)47-33-29-45(30-34-47)50-21-13-12-20-49(50)44-18-10-5-11-19-44/h3-39H,1-2H3/b23-22+,25-24+. The Labute approximate surface area is 331 Å². The maximum Gasteiger partial charge on any atom is 0.0465 e. The summed E-state index contributed by atoms with van der Waals surface area (Å²) < 4.78 is 0. The van der Waals surface area contributed by atoms with Crippen molar-refractivity contribution in [1.82, 2.24) is 0 Å². The van der Waals surface area contributed by atoms with Crippen LogP contribution in [-0.2, 0) is 5.41 Å². The fourth-order valence-corrected chi connectivity index (χ4v) is 8.08. The van der Waals surface area contributed by atoms with E-state index in [1.165, 1.54) is 61.2 Å². The Morgan fingerprint density at radius 2 is 0.714 bits per heavy atom. The number of hydrogen-bond acceptors (Lipinski definition) is 1. The molecule has 8 aromatic rings. The van der Waals surface area contributed by atoms with Crippen LogP contribution in [0.25, 0.3) is 57.7 Å². The third kappa shape index (κ3) is 6.92. The van der Waals surface area contributed by atoms with Crippen molar-refractivity contribution in [1.29, 1.82) is 0 Å². The Balaban J connectivity index is 1.09. The lowest BCUT2D eigenvalue weighted by molar-refractivity contribution is 0.660. The molecule has 9 rings (SSSR count). The van der Waals surface area contributed by atoms with Gasteiger partial charge in [-0.05, 0) is 103 Å². The molecule has 0 amide bonds. The second-order valence-corrected chi connectivity index (χ2v) is 15.0. The van der Waals surface area contributed by atoms with Gasteiger partial charge in [0.2, 0.25) is 0 Å². The van der Waals surface area contributed by atoms with Crippen LogP contribution in [0.2, 0.25) is 0 Å². The topological polar surface area (TPSA) is 3.24 Å². The molecule has 268 valence electrons. The zero-order chi connectivity index (χ0) is 37.9. The second kappa shape index (κ2) is 15.1. The fraction of sp³-hybridized carbons (Fsp3) is 0.0545. The number of benzene rings is 8. The summed E-state index contributed by atoms with van der Waals surface area (Å²) in [7, 11) is 0. The first-order valence-electron chi connectivity index (χ1n) is 19.4. The van der Waals surface area contributed by atoms with E-state index in [0.29, 0.717) is 0 Å². The summed E-state index contributed by atoms with van der Waals surface area (Å²) in [4.78, 5) is 2.39. The van der Waals surface area contributed by atoms with Gasteiger partial charge in [0.25, 0.3) is 0 Å². The first kappa shape index (κ1) is 34.8. The molecule has 0 bridgehead atoms. The number of fused-ring (bicyclic) bond motifs is 3. The van der Waals surface area contributed by atoms with E-state index >= 15 is 0 Å². The van der Waals surface area contributed by atoms with E-state index in [9.17, 15) is 0 Å². The Morgan fingerprint density at radius 1 is 0.321 bits per heavy atom. The molecule has 0 unspecified atom stereocenters. The van der Waals surface area contributed by atoms with Gasteiger partial charge in [0, 0.05) is 22.5 Å². The number of anilines is 3. The highest BCUT2D eigenvalue weighted by molar-refractivity contribution is 5.88. The predicted octanol–water partition coefficient (Wildman–Crippen LogP) is 15.1. The van der Waals surface area contributed by atoms with Gasteiger partial charge in [-0.2, -0.15) is 0 Å². The van der Waals surface area contributed by atoms with Crippen LogP contribution in [0.5, 0.6) is 0 Å². The van der Waals surface area contributed by atoms with Crippen molar-refractivity contribution in [3.8, 4) is 33.4 Å². The van der Waals surface area contributed by atoms with Gasteiger partial charge in [0.05, 0.1) is 0 Å². The third-order valence-corrected chi connectivity index (χ3v) is 11.1. The van der Waals surface area contributed by atoms with Crippen molar-refractivity contribution in [3.05, 3.63) is 234 Å². The minimum atomic E-state index is -0.167.